The first-order valence-corrected chi connectivity index (χ1v) is 14.7. The molecule has 2 aromatic heterocycles. The molecule has 0 unspecified atom stereocenters. The van der Waals surface area contributed by atoms with Crippen LogP contribution in [0.1, 0.15) is 36.0 Å². The van der Waals surface area contributed by atoms with Crippen LogP contribution in [0.2, 0.25) is 0 Å². The van der Waals surface area contributed by atoms with Crippen molar-refractivity contribution in [2.75, 3.05) is 44.8 Å². The highest BCUT2D eigenvalue weighted by Crippen LogP contribution is 2.41. The van der Waals surface area contributed by atoms with Gasteiger partial charge in [-0.25, -0.2) is 9.37 Å². The summed E-state index contributed by atoms with van der Waals surface area (Å²) in [4.78, 5) is 22.5. The molecular weight excluding hydrogens is 523 g/mol. The van der Waals surface area contributed by atoms with Crippen molar-refractivity contribution in [2.45, 2.75) is 51.0 Å². The van der Waals surface area contributed by atoms with E-state index in [1.165, 1.54) is 28.9 Å². The highest BCUT2D eigenvalue weighted by molar-refractivity contribution is 6.01. The molecule has 4 heterocycles. The topological polar surface area (TPSA) is 102 Å². The van der Waals surface area contributed by atoms with E-state index in [4.69, 9.17) is 15.5 Å². The lowest BCUT2D eigenvalue weighted by Crippen LogP contribution is -2.50. The van der Waals surface area contributed by atoms with Crippen LogP contribution in [0.4, 0.5) is 10.1 Å². The van der Waals surface area contributed by atoms with Crippen LogP contribution in [-0.2, 0) is 13.1 Å². The molecule has 1 amide bonds. The lowest BCUT2D eigenvalue weighted by atomic mass is 10.0. The number of alkyl halides is 1. The molecule has 41 heavy (non-hydrogen) atoms. The molecule has 0 spiro atoms. The Morgan fingerprint density at radius 2 is 2.02 bits per heavy atom. The van der Waals surface area contributed by atoms with Crippen LogP contribution >= 0.6 is 0 Å². The Morgan fingerprint density at radius 3 is 2.78 bits per heavy atom. The summed E-state index contributed by atoms with van der Waals surface area (Å²) in [5.41, 5.74) is 11.4. The largest absolute Gasteiger partial charge is 0.494 e. The smallest absolute Gasteiger partial charge is 0.254 e. The SMILES string of the molecule is COc1cc(C(=O)N2C[C@H](N)C[C@@H](F)C2)cc2nc(-c3cc4cccc5c4n3CCN5CCCO)n(CC3CC3)c12. The van der Waals surface area contributed by atoms with Gasteiger partial charge in [-0.15, -0.1) is 0 Å². The number of aromatic nitrogens is 3. The number of hydrogen-bond donors (Lipinski definition) is 2. The summed E-state index contributed by atoms with van der Waals surface area (Å²) in [6.45, 7) is 3.87. The number of amides is 1. The van der Waals surface area contributed by atoms with Crippen LogP contribution in [0.25, 0.3) is 33.5 Å². The Morgan fingerprint density at radius 1 is 1.17 bits per heavy atom. The summed E-state index contributed by atoms with van der Waals surface area (Å²) in [6.07, 6.45) is 2.25. The number of carbonyl (C=O) groups is 1. The molecule has 2 aromatic carbocycles. The number of methoxy groups -OCH3 is 1. The monoisotopic (exact) mass is 560 g/mol. The van der Waals surface area contributed by atoms with Gasteiger partial charge in [0.25, 0.3) is 5.91 Å². The molecule has 216 valence electrons. The van der Waals surface area contributed by atoms with E-state index in [1.807, 2.05) is 6.07 Å². The third-order valence-corrected chi connectivity index (χ3v) is 8.78. The maximum atomic E-state index is 14.3. The Balaban J connectivity index is 1.36. The van der Waals surface area contributed by atoms with E-state index in [0.29, 0.717) is 29.3 Å². The molecule has 7 rings (SSSR count). The summed E-state index contributed by atoms with van der Waals surface area (Å²) >= 11 is 0. The minimum absolute atomic E-state index is 0.0476. The van der Waals surface area contributed by atoms with Crippen molar-refractivity contribution in [1.82, 2.24) is 19.0 Å². The fourth-order valence-corrected chi connectivity index (χ4v) is 6.68. The van der Waals surface area contributed by atoms with E-state index < -0.39 is 6.17 Å². The molecule has 3 aliphatic rings. The lowest BCUT2D eigenvalue weighted by Gasteiger charge is -2.33. The number of halogens is 1. The maximum Gasteiger partial charge on any atom is 0.254 e. The Kier molecular flexibility index (Phi) is 6.62. The Labute approximate surface area is 238 Å². The average molecular weight is 561 g/mol. The number of para-hydroxylation sites is 1. The third kappa shape index (κ3) is 4.63. The van der Waals surface area contributed by atoms with E-state index in [-0.39, 0.29) is 31.5 Å². The summed E-state index contributed by atoms with van der Waals surface area (Å²) < 4.78 is 24.8. The number of ether oxygens (including phenoxy) is 1. The molecule has 2 aliphatic heterocycles. The fourth-order valence-electron chi connectivity index (χ4n) is 6.68. The van der Waals surface area contributed by atoms with E-state index in [1.54, 1.807) is 13.2 Å². The number of anilines is 1. The number of hydrogen-bond acceptors (Lipinski definition) is 6. The number of aliphatic hydroxyl groups excluding tert-OH is 1. The molecule has 3 N–H and O–H groups in total. The highest BCUT2D eigenvalue weighted by Gasteiger charge is 2.32. The number of aliphatic hydroxyl groups is 1. The van der Waals surface area contributed by atoms with Gasteiger partial charge in [-0.2, -0.15) is 0 Å². The normalized spacial score (nSPS) is 20.8. The lowest BCUT2D eigenvalue weighted by molar-refractivity contribution is 0.0606. The van der Waals surface area contributed by atoms with E-state index in [9.17, 15) is 14.3 Å². The van der Waals surface area contributed by atoms with Gasteiger partial charge in [0.2, 0.25) is 0 Å². The standard InChI is InChI=1S/C31H37FN6O3/c1-41-27-14-21(31(40)36-17-22(32)15-23(33)18-36)12-24-29(27)38(16-19-6-7-19)30(34-24)26-13-20-4-2-5-25-28(20)37(26)10-9-35(25)8-3-11-39/h2,4-5,12-14,19,22-23,39H,3,6-11,15-18,33H2,1H3/t22-,23-/m1/s1. The number of carbonyl (C=O) groups excluding carboxylic acids is 1. The van der Waals surface area contributed by atoms with Gasteiger partial charge >= 0.3 is 0 Å². The zero-order valence-electron chi connectivity index (χ0n) is 23.4. The van der Waals surface area contributed by atoms with Crippen molar-refractivity contribution in [1.29, 1.82) is 0 Å². The fraction of sp³-hybridized carbons (Fsp3) is 0.484. The van der Waals surface area contributed by atoms with Crippen molar-refractivity contribution < 1.29 is 19.0 Å². The van der Waals surface area contributed by atoms with Crippen molar-refractivity contribution in [3.8, 4) is 17.3 Å². The van der Waals surface area contributed by atoms with E-state index in [2.05, 4.69) is 38.3 Å². The quantitative estimate of drug-likeness (QED) is 0.340. The third-order valence-electron chi connectivity index (χ3n) is 8.78. The van der Waals surface area contributed by atoms with Crippen molar-refractivity contribution in [3.05, 3.63) is 42.0 Å². The first-order valence-electron chi connectivity index (χ1n) is 14.7. The zero-order valence-corrected chi connectivity index (χ0v) is 23.4. The number of imidazole rings is 1. The number of benzene rings is 2. The van der Waals surface area contributed by atoms with Crippen LogP contribution in [0, 0.1) is 5.92 Å². The molecule has 1 saturated carbocycles. The van der Waals surface area contributed by atoms with Gasteiger partial charge < -0.3 is 34.5 Å². The molecule has 0 radical (unpaired) electrons. The van der Waals surface area contributed by atoms with Gasteiger partial charge in [-0.3, -0.25) is 4.79 Å². The van der Waals surface area contributed by atoms with Crippen LogP contribution < -0.4 is 15.4 Å². The minimum atomic E-state index is -1.12. The van der Waals surface area contributed by atoms with Crippen molar-refractivity contribution >= 4 is 33.5 Å². The molecule has 10 heteroatoms. The summed E-state index contributed by atoms with van der Waals surface area (Å²) in [7, 11) is 1.62. The Bertz CT molecular complexity index is 1620. The number of piperidine rings is 1. The van der Waals surface area contributed by atoms with Crippen molar-refractivity contribution in [3.63, 3.8) is 0 Å². The number of nitrogens with zero attached hydrogens (tertiary/aromatic N) is 5. The highest BCUT2D eigenvalue weighted by atomic mass is 19.1. The second-order valence-electron chi connectivity index (χ2n) is 11.8. The van der Waals surface area contributed by atoms with Gasteiger partial charge in [0, 0.05) is 56.3 Å². The Hall–Kier alpha value is -3.63. The van der Waals surface area contributed by atoms with Crippen LogP contribution in [0.3, 0.4) is 0 Å². The van der Waals surface area contributed by atoms with E-state index >= 15 is 0 Å². The maximum absolute atomic E-state index is 14.3. The zero-order chi connectivity index (χ0) is 28.2. The van der Waals surface area contributed by atoms with Gasteiger partial charge in [-0.1, -0.05) is 12.1 Å². The van der Waals surface area contributed by atoms with Gasteiger partial charge in [0.1, 0.15) is 17.4 Å². The number of fused-ring (bicyclic) bond motifs is 1. The summed E-state index contributed by atoms with van der Waals surface area (Å²) in [5, 5.41) is 10.6. The number of nitrogens with two attached hydrogens (primary N) is 1. The molecule has 9 nitrogen and oxygen atoms in total. The van der Waals surface area contributed by atoms with Gasteiger partial charge in [0.05, 0.1) is 36.1 Å². The van der Waals surface area contributed by atoms with Gasteiger partial charge in [-0.05, 0) is 55.9 Å². The summed E-state index contributed by atoms with van der Waals surface area (Å²) in [5.74, 6) is 1.79. The molecule has 4 aromatic rings. The second kappa shape index (κ2) is 10.3. The molecular formula is C31H37FN6O3. The number of rotatable bonds is 8. The predicted molar refractivity (Wildman–Crippen MR) is 157 cm³/mol. The minimum Gasteiger partial charge on any atom is -0.494 e. The van der Waals surface area contributed by atoms with Crippen LogP contribution in [0.5, 0.6) is 5.75 Å². The molecule has 2 atom stereocenters. The average Bonchev–Trinajstić information content (AvgIpc) is 3.61. The van der Waals surface area contributed by atoms with Crippen LogP contribution in [-0.4, -0.2) is 82.1 Å². The molecule has 1 saturated heterocycles. The molecule has 2 fully saturated rings. The van der Waals surface area contributed by atoms with Crippen molar-refractivity contribution in [2.24, 2.45) is 11.7 Å². The first-order chi connectivity index (χ1) is 19.9. The first kappa shape index (κ1) is 26.3. The summed E-state index contributed by atoms with van der Waals surface area (Å²) in [6, 6.07) is 11.8. The second-order valence-corrected chi connectivity index (χ2v) is 11.8. The molecule has 1 aliphatic carbocycles. The van der Waals surface area contributed by atoms with Gasteiger partial charge in [0.15, 0.2) is 5.82 Å². The predicted octanol–water partition coefficient (Wildman–Crippen LogP) is 3.79. The number of likely N-dealkylation sites (tertiary alicyclic amines) is 1. The van der Waals surface area contributed by atoms with Crippen LogP contribution in [0.15, 0.2) is 36.4 Å². The molecule has 0 bridgehead atoms. The van der Waals surface area contributed by atoms with E-state index in [0.717, 1.165) is 55.0 Å².